The van der Waals surface area contributed by atoms with E-state index in [0.717, 1.165) is 55.2 Å². The number of para-hydroxylation sites is 1. The van der Waals surface area contributed by atoms with E-state index < -0.39 is 0 Å². The van der Waals surface area contributed by atoms with Crippen LogP contribution >= 0.6 is 23.2 Å². The van der Waals surface area contributed by atoms with Crippen LogP contribution in [0, 0.1) is 5.92 Å². The number of piperidine rings is 1. The monoisotopic (exact) mass is 454 g/mol. The Labute approximate surface area is 192 Å². The van der Waals surface area contributed by atoms with Crippen molar-refractivity contribution in [3.05, 3.63) is 88.4 Å². The summed E-state index contributed by atoms with van der Waals surface area (Å²) in [4.78, 5) is 15.0. The summed E-state index contributed by atoms with van der Waals surface area (Å²) in [6.45, 7) is 2.50. The number of halogens is 2. The fraction of sp³-hybridized carbons (Fsp3) is 0.240. The van der Waals surface area contributed by atoms with E-state index in [9.17, 15) is 4.79 Å². The number of nitrogens with zero attached hydrogens (tertiary/aromatic N) is 1. The van der Waals surface area contributed by atoms with Crippen LogP contribution in [-0.4, -0.2) is 23.9 Å². The zero-order valence-electron chi connectivity index (χ0n) is 17.1. The Morgan fingerprint density at radius 3 is 2.29 bits per heavy atom. The van der Waals surface area contributed by atoms with Crippen molar-refractivity contribution in [2.24, 2.45) is 5.92 Å². The lowest BCUT2D eigenvalue weighted by Gasteiger charge is -2.31. The molecule has 3 aromatic carbocycles. The van der Waals surface area contributed by atoms with Crippen LogP contribution in [0.5, 0.6) is 11.5 Å². The molecular formula is C25H24Cl2N2O2. The molecule has 0 aromatic heterocycles. The number of carbonyl (C=O) groups is 1. The van der Waals surface area contributed by atoms with E-state index >= 15 is 0 Å². The number of anilines is 1. The zero-order valence-corrected chi connectivity index (χ0v) is 18.6. The number of likely N-dealkylation sites (tertiary alicyclic amines) is 1. The van der Waals surface area contributed by atoms with Gasteiger partial charge in [0.1, 0.15) is 11.5 Å². The van der Waals surface area contributed by atoms with Gasteiger partial charge in [0.15, 0.2) is 0 Å². The first-order valence-corrected chi connectivity index (χ1v) is 11.1. The minimum atomic E-state index is 0.0113. The molecule has 1 aliphatic rings. The number of ether oxygens (including phenoxy) is 1. The Bertz CT molecular complexity index is 1020. The maximum atomic E-state index is 12.7. The molecule has 1 heterocycles. The van der Waals surface area contributed by atoms with E-state index in [1.807, 2.05) is 66.7 Å². The number of nitrogens with one attached hydrogen (secondary N) is 1. The zero-order chi connectivity index (χ0) is 21.6. The van der Waals surface area contributed by atoms with E-state index in [2.05, 4.69) is 10.2 Å². The number of rotatable bonds is 6. The largest absolute Gasteiger partial charge is 0.457 e. The van der Waals surface area contributed by atoms with E-state index in [-0.39, 0.29) is 11.8 Å². The third-order valence-electron chi connectivity index (χ3n) is 5.47. The first kappa shape index (κ1) is 21.7. The second-order valence-corrected chi connectivity index (χ2v) is 8.56. The predicted molar refractivity (Wildman–Crippen MR) is 126 cm³/mol. The summed E-state index contributed by atoms with van der Waals surface area (Å²) in [5.41, 5.74) is 1.84. The van der Waals surface area contributed by atoms with Crippen LogP contribution in [-0.2, 0) is 11.3 Å². The highest BCUT2D eigenvalue weighted by Gasteiger charge is 2.25. The molecule has 160 valence electrons. The standard InChI is InChI=1S/C25H24Cl2N2O2/c26-20-7-6-19(24(27)16-20)17-29-14-12-18(13-15-29)25(30)28-21-8-10-23(11-9-21)31-22-4-2-1-3-5-22/h1-11,16,18H,12-15,17H2,(H,28,30). The number of hydrogen-bond acceptors (Lipinski definition) is 3. The molecule has 0 bridgehead atoms. The van der Waals surface area contributed by atoms with E-state index in [1.165, 1.54) is 0 Å². The molecular weight excluding hydrogens is 431 g/mol. The molecule has 6 heteroatoms. The third-order valence-corrected chi connectivity index (χ3v) is 6.06. The summed E-state index contributed by atoms with van der Waals surface area (Å²) < 4.78 is 5.80. The van der Waals surface area contributed by atoms with Gasteiger partial charge in [0, 0.05) is 28.2 Å². The van der Waals surface area contributed by atoms with Crippen LogP contribution < -0.4 is 10.1 Å². The third kappa shape index (κ3) is 6.01. The Kier molecular flexibility index (Phi) is 7.13. The van der Waals surface area contributed by atoms with Gasteiger partial charge in [-0.1, -0.05) is 47.5 Å². The van der Waals surface area contributed by atoms with Gasteiger partial charge >= 0.3 is 0 Å². The van der Waals surface area contributed by atoms with Gasteiger partial charge in [0.2, 0.25) is 5.91 Å². The fourth-order valence-electron chi connectivity index (χ4n) is 3.72. The first-order valence-electron chi connectivity index (χ1n) is 10.4. The van der Waals surface area contributed by atoms with Gasteiger partial charge in [-0.2, -0.15) is 0 Å². The highest BCUT2D eigenvalue weighted by atomic mass is 35.5. The number of hydrogen-bond donors (Lipinski definition) is 1. The molecule has 0 radical (unpaired) electrons. The van der Waals surface area contributed by atoms with Gasteiger partial charge in [-0.25, -0.2) is 0 Å². The van der Waals surface area contributed by atoms with Crippen LogP contribution in [0.15, 0.2) is 72.8 Å². The number of benzene rings is 3. The summed E-state index contributed by atoms with van der Waals surface area (Å²) in [6.07, 6.45) is 1.65. The van der Waals surface area contributed by atoms with E-state index in [0.29, 0.717) is 10.0 Å². The summed E-state index contributed by atoms with van der Waals surface area (Å²) in [7, 11) is 0. The smallest absolute Gasteiger partial charge is 0.227 e. The minimum absolute atomic E-state index is 0.0113. The average molecular weight is 455 g/mol. The van der Waals surface area contributed by atoms with Crippen LogP contribution in [0.25, 0.3) is 0 Å². The Hall–Kier alpha value is -2.53. The second kappa shape index (κ2) is 10.2. The maximum absolute atomic E-state index is 12.7. The van der Waals surface area contributed by atoms with Gasteiger partial charge in [0.25, 0.3) is 0 Å². The molecule has 0 atom stereocenters. The minimum Gasteiger partial charge on any atom is -0.457 e. The van der Waals surface area contributed by atoms with Gasteiger partial charge in [-0.05, 0) is 80.0 Å². The van der Waals surface area contributed by atoms with Gasteiger partial charge < -0.3 is 10.1 Å². The first-order chi connectivity index (χ1) is 15.1. The van der Waals surface area contributed by atoms with Crippen molar-refractivity contribution in [3.8, 4) is 11.5 Å². The maximum Gasteiger partial charge on any atom is 0.227 e. The topological polar surface area (TPSA) is 41.6 Å². The highest BCUT2D eigenvalue weighted by molar-refractivity contribution is 6.35. The van der Waals surface area contributed by atoms with E-state index in [1.54, 1.807) is 6.07 Å². The SMILES string of the molecule is O=C(Nc1ccc(Oc2ccccc2)cc1)C1CCN(Cc2ccc(Cl)cc2Cl)CC1. The molecule has 4 rings (SSSR count). The Morgan fingerprint density at radius 2 is 1.61 bits per heavy atom. The summed E-state index contributed by atoms with van der Waals surface area (Å²) in [5.74, 6) is 1.60. The van der Waals surface area contributed by atoms with E-state index in [4.69, 9.17) is 27.9 Å². The molecule has 0 aliphatic carbocycles. The van der Waals surface area contributed by atoms with Crippen LogP contribution in [0.1, 0.15) is 18.4 Å². The van der Waals surface area contributed by atoms with Crippen LogP contribution in [0.3, 0.4) is 0 Å². The summed E-state index contributed by atoms with van der Waals surface area (Å²) >= 11 is 12.3. The van der Waals surface area contributed by atoms with Gasteiger partial charge in [-0.3, -0.25) is 9.69 Å². The van der Waals surface area contributed by atoms with Crippen LogP contribution in [0.4, 0.5) is 5.69 Å². The molecule has 1 aliphatic heterocycles. The number of amides is 1. The van der Waals surface area contributed by atoms with Crippen molar-refractivity contribution in [2.45, 2.75) is 19.4 Å². The van der Waals surface area contributed by atoms with Crippen molar-refractivity contribution in [1.29, 1.82) is 0 Å². The lowest BCUT2D eigenvalue weighted by Crippen LogP contribution is -2.37. The molecule has 3 aromatic rings. The number of carbonyl (C=O) groups excluding carboxylic acids is 1. The average Bonchev–Trinajstić information content (AvgIpc) is 2.78. The van der Waals surface area contributed by atoms with Crippen molar-refractivity contribution < 1.29 is 9.53 Å². The molecule has 0 spiro atoms. The molecule has 4 nitrogen and oxygen atoms in total. The Morgan fingerprint density at radius 1 is 0.935 bits per heavy atom. The van der Waals surface area contributed by atoms with Crippen molar-refractivity contribution >= 4 is 34.8 Å². The van der Waals surface area contributed by atoms with Crippen molar-refractivity contribution in [3.63, 3.8) is 0 Å². The van der Waals surface area contributed by atoms with Crippen molar-refractivity contribution in [1.82, 2.24) is 4.90 Å². The summed E-state index contributed by atoms with van der Waals surface area (Å²) in [5, 5.41) is 4.36. The summed E-state index contributed by atoms with van der Waals surface area (Å²) in [6, 6.07) is 22.7. The molecule has 0 saturated carbocycles. The normalized spacial score (nSPS) is 14.9. The predicted octanol–water partition coefficient (Wildman–Crippen LogP) is 6.64. The van der Waals surface area contributed by atoms with Crippen LogP contribution in [0.2, 0.25) is 10.0 Å². The molecule has 1 saturated heterocycles. The lowest BCUT2D eigenvalue weighted by atomic mass is 9.95. The van der Waals surface area contributed by atoms with Crippen molar-refractivity contribution in [2.75, 3.05) is 18.4 Å². The van der Waals surface area contributed by atoms with Gasteiger partial charge in [-0.15, -0.1) is 0 Å². The quantitative estimate of drug-likeness (QED) is 0.453. The Balaban J connectivity index is 1.26. The van der Waals surface area contributed by atoms with Gasteiger partial charge in [0.05, 0.1) is 0 Å². The lowest BCUT2D eigenvalue weighted by molar-refractivity contribution is -0.121. The highest BCUT2D eigenvalue weighted by Crippen LogP contribution is 2.26. The molecule has 1 fully saturated rings. The molecule has 31 heavy (non-hydrogen) atoms. The molecule has 1 amide bonds. The molecule has 1 N–H and O–H groups in total. The molecule has 0 unspecified atom stereocenters. The fourth-order valence-corrected chi connectivity index (χ4v) is 4.19. The second-order valence-electron chi connectivity index (χ2n) is 7.71.